The van der Waals surface area contributed by atoms with Crippen molar-refractivity contribution in [2.24, 2.45) is 0 Å². The molecule has 100 valence electrons. The minimum Gasteiger partial charge on any atom is -0.377 e. The highest BCUT2D eigenvalue weighted by Crippen LogP contribution is 2.48. The summed E-state index contributed by atoms with van der Waals surface area (Å²) >= 11 is 0. The van der Waals surface area contributed by atoms with Crippen molar-refractivity contribution >= 4 is 19.1 Å². The maximum absolute atomic E-state index is 12.5. The van der Waals surface area contributed by atoms with Crippen LogP contribution in [0, 0.1) is 0 Å². The molecule has 0 N–H and O–H groups in total. The average molecular weight is 277 g/mol. The van der Waals surface area contributed by atoms with E-state index in [0.717, 1.165) is 5.56 Å². The second-order valence-corrected chi connectivity index (χ2v) is 6.93. The molecular formula is C14H16NO3P. The number of carbonyl (C=O) groups is 2. The lowest BCUT2D eigenvalue weighted by atomic mass is 10.2. The number of rotatable bonds is 2. The number of nitrogens with zero attached hydrogens (tertiary/aromatic N) is 1. The van der Waals surface area contributed by atoms with Crippen molar-refractivity contribution in [2.75, 3.05) is 19.8 Å². The molecule has 3 rings (SSSR count). The minimum atomic E-state index is -1.22. The van der Waals surface area contributed by atoms with Gasteiger partial charge in [-0.25, -0.2) is 0 Å². The van der Waals surface area contributed by atoms with Gasteiger partial charge in [-0.05, 0) is 5.56 Å². The molecular weight excluding hydrogens is 261 g/mol. The van der Waals surface area contributed by atoms with E-state index in [-0.39, 0.29) is 17.2 Å². The normalized spacial score (nSPS) is 27.3. The van der Waals surface area contributed by atoms with E-state index in [9.17, 15) is 9.59 Å². The first-order valence-electron chi connectivity index (χ1n) is 6.48. The summed E-state index contributed by atoms with van der Waals surface area (Å²) in [4.78, 5) is 26.5. The molecule has 19 heavy (non-hydrogen) atoms. The number of carbonyl (C=O) groups excluding carboxylic acids is 2. The Morgan fingerprint density at radius 3 is 2.84 bits per heavy atom. The quantitative estimate of drug-likeness (QED) is 0.780. The molecule has 2 heterocycles. The molecule has 0 spiro atoms. The van der Waals surface area contributed by atoms with E-state index in [4.69, 9.17) is 4.74 Å². The van der Waals surface area contributed by atoms with Crippen molar-refractivity contribution in [3.63, 3.8) is 0 Å². The zero-order valence-electron chi connectivity index (χ0n) is 10.6. The third kappa shape index (κ3) is 2.56. The lowest BCUT2D eigenvalue weighted by molar-refractivity contribution is -0.114. The van der Waals surface area contributed by atoms with Gasteiger partial charge in [0, 0.05) is 19.1 Å². The van der Waals surface area contributed by atoms with Gasteiger partial charge in [0.1, 0.15) is 0 Å². The van der Waals surface area contributed by atoms with Gasteiger partial charge in [0.2, 0.25) is 0 Å². The van der Waals surface area contributed by atoms with Crippen LogP contribution in [0.15, 0.2) is 30.3 Å². The molecule has 1 amide bonds. The van der Waals surface area contributed by atoms with Crippen molar-refractivity contribution in [2.45, 2.75) is 18.6 Å². The molecule has 0 aromatic heterocycles. The molecule has 2 atom stereocenters. The maximum Gasteiger partial charge on any atom is 0.251 e. The first-order chi connectivity index (χ1) is 9.25. The van der Waals surface area contributed by atoms with Crippen molar-refractivity contribution < 1.29 is 14.3 Å². The number of morpholine rings is 1. The number of ether oxygens (including phenoxy) is 1. The van der Waals surface area contributed by atoms with Gasteiger partial charge in [0.15, 0.2) is 5.52 Å². The zero-order valence-corrected chi connectivity index (χ0v) is 11.5. The molecule has 2 fully saturated rings. The highest BCUT2D eigenvalue weighted by molar-refractivity contribution is 7.88. The minimum absolute atomic E-state index is 0.0247. The predicted molar refractivity (Wildman–Crippen MR) is 73.4 cm³/mol. The third-order valence-electron chi connectivity index (χ3n) is 3.60. The van der Waals surface area contributed by atoms with Gasteiger partial charge in [0.25, 0.3) is 5.65 Å². The van der Waals surface area contributed by atoms with Gasteiger partial charge >= 0.3 is 0 Å². The van der Waals surface area contributed by atoms with Gasteiger partial charge in [0.05, 0.1) is 27.2 Å². The summed E-state index contributed by atoms with van der Waals surface area (Å²) in [5.41, 5.74) is 1.24. The summed E-state index contributed by atoms with van der Waals surface area (Å²) in [7, 11) is -1.22. The summed E-state index contributed by atoms with van der Waals surface area (Å²) in [6.07, 6.45) is 1.04. The van der Waals surface area contributed by atoms with E-state index in [0.29, 0.717) is 32.3 Å². The van der Waals surface area contributed by atoms with Gasteiger partial charge < -0.3 is 9.64 Å². The molecule has 2 unspecified atom stereocenters. The SMILES string of the molecule is O=C1CC2COCCN2C(=O)P1Cc1ccccc1. The van der Waals surface area contributed by atoms with Crippen molar-refractivity contribution in [1.82, 2.24) is 4.90 Å². The molecule has 2 aliphatic rings. The van der Waals surface area contributed by atoms with Crippen LogP contribution in [-0.4, -0.2) is 41.9 Å². The van der Waals surface area contributed by atoms with Crippen molar-refractivity contribution in [3.05, 3.63) is 35.9 Å². The highest BCUT2D eigenvalue weighted by atomic mass is 31.1. The van der Waals surface area contributed by atoms with E-state index in [1.54, 1.807) is 0 Å². The molecule has 4 nitrogen and oxygen atoms in total. The van der Waals surface area contributed by atoms with E-state index in [1.165, 1.54) is 0 Å². The Bertz CT molecular complexity index is 491. The number of hydrogen-bond donors (Lipinski definition) is 0. The lowest BCUT2D eigenvalue weighted by Gasteiger charge is -2.41. The van der Waals surface area contributed by atoms with Gasteiger partial charge in [-0.1, -0.05) is 30.3 Å². The topological polar surface area (TPSA) is 46.6 Å². The van der Waals surface area contributed by atoms with Crippen LogP contribution in [0.4, 0.5) is 4.79 Å². The number of benzene rings is 1. The number of fused-ring (bicyclic) bond motifs is 1. The first kappa shape index (κ1) is 12.8. The highest BCUT2D eigenvalue weighted by Gasteiger charge is 2.41. The Labute approximate surface area is 113 Å². The van der Waals surface area contributed by atoms with Crippen LogP contribution >= 0.6 is 7.92 Å². The van der Waals surface area contributed by atoms with E-state index in [1.807, 2.05) is 35.2 Å². The molecule has 2 aliphatic heterocycles. The molecule has 0 aliphatic carbocycles. The van der Waals surface area contributed by atoms with Gasteiger partial charge in [-0.15, -0.1) is 0 Å². The molecule has 0 bridgehead atoms. The fourth-order valence-electron chi connectivity index (χ4n) is 2.57. The van der Waals surface area contributed by atoms with E-state index in [2.05, 4.69) is 0 Å². The molecule has 0 radical (unpaired) electrons. The van der Waals surface area contributed by atoms with Crippen LogP contribution in [0.3, 0.4) is 0 Å². The van der Waals surface area contributed by atoms with Crippen LogP contribution in [0.5, 0.6) is 0 Å². The zero-order chi connectivity index (χ0) is 13.2. The van der Waals surface area contributed by atoms with Gasteiger partial charge in [-0.2, -0.15) is 0 Å². The summed E-state index contributed by atoms with van der Waals surface area (Å²) < 4.78 is 5.35. The fourth-order valence-corrected chi connectivity index (χ4v) is 4.68. The smallest absolute Gasteiger partial charge is 0.251 e. The Kier molecular flexibility index (Phi) is 3.63. The molecule has 1 aromatic rings. The first-order valence-corrected chi connectivity index (χ1v) is 8.01. The van der Waals surface area contributed by atoms with E-state index >= 15 is 0 Å². The molecule has 5 heteroatoms. The Morgan fingerprint density at radius 2 is 2.05 bits per heavy atom. The number of hydrogen-bond acceptors (Lipinski definition) is 3. The largest absolute Gasteiger partial charge is 0.377 e. The third-order valence-corrected chi connectivity index (χ3v) is 5.78. The lowest BCUT2D eigenvalue weighted by Crippen LogP contribution is -2.51. The predicted octanol–water partition coefficient (Wildman–Crippen LogP) is 2.42. The summed E-state index contributed by atoms with van der Waals surface area (Å²) in [6.45, 7) is 1.72. The monoisotopic (exact) mass is 277 g/mol. The molecule has 2 saturated heterocycles. The maximum atomic E-state index is 12.5. The number of amides is 1. The van der Waals surface area contributed by atoms with Crippen molar-refractivity contribution in [1.29, 1.82) is 0 Å². The molecule has 0 saturated carbocycles. The summed E-state index contributed by atoms with van der Waals surface area (Å²) in [6, 6.07) is 9.77. The van der Waals surface area contributed by atoms with Crippen LogP contribution in [0.2, 0.25) is 0 Å². The average Bonchev–Trinajstić information content (AvgIpc) is 2.45. The van der Waals surface area contributed by atoms with Crippen LogP contribution in [-0.2, 0) is 15.7 Å². The molecule has 1 aromatic carbocycles. The standard InChI is InChI=1S/C14H16NO3P/c16-13-8-12-9-18-7-6-15(12)14(17)19(13)10-11-4-2-1-3-5-11/h1-5,12H,6-10H2. The second-order valence-electron chi connectivity index (χ2n) is 4.87. The van der Waals surface area contributed by atoms with Crippen LogP contribution in [0.25, 0.3) is 0 Å². The fraction of sp³-hybridized carbons (Fsp3) is 0.429. The Hall–Kier alpha value is -1.25. The van der Waals surface area contributed by atoms with Crippen LogP contribution < -0.4 is 0 Å². The van der Waals surface area contributed by atoms with Crippen LogP contribution in [0.1, 0.15) is 12.0 Å². The Balaban J connectivity index is 1.77. The Morgan fingerprint density at radius 1 is 1.26 bits per heavy atom. The summed E-state index contributed by atoms with van der Waals surface area (Å²) in [5, 5.41) is 0. The summed E-state index contributed by atoms with van der Waals surface area (Å²) in [5.74, 6) is 0. The van der Waals surface area contributed by atoms with Crippen molar-refractivity contribution in [3.8, 4) is 0 Å². The van der Waals surface area contributed by atoms with Gasteiger partial charge in [-0.3, -0.25) is 9.59 Å². The second kappa shape index (κ2) is 5.40. The van der Waals surface area contributed by atoms with E-state index < -0.39 is 7.92 Å².